The fraction of sp³-hybridized carbons (Fsp3) is 0.579. The third-order valence-corrected chi connectivity index (χ3v) is 6.47. The Bertz CT molecular complexity index is 854. The van der Waals surface area contributed by atoms with Crippen LogP contribution in [0.2, 0.25) is 0 Å². The molecule has 0 saturated heterocycles. The second-order valence-corrected chi connectivity index (χ2v) is 9.91. The van der Waals surface area contributed by atoms with Crippen molar-refractivity contribution in [2.45, 2.75) is 26.8 Å². The minimum Gasteiger partial charge on any atom is -0.378 e. The van der Waals surface area contributed by atoms with Crippen LogP contribution in [0.4, 0.5) is 5.69 Å². The molecule has 0 saturated carbocycles. The lowest BCUT2D eigenvalue weighted by molar-refractivity contribution is 0.419. The Labute approximate surface area is 158 Å². The number of hydrogen-bond donors (Lipinski definition) is 0. The van der Waals surface area contributed by atoms with Crippen LogP contribution in [-0.2, 0) is 23.2 Å². The number of benzene rings is 1. The predicted molar refractivity (Wildman–Crippen MR) is 110 cm³/mol. The first-order valence-corrected chi connectivity index (χ1v) is 10.4. The lowest BCUT2D eigenvalue weighted by Crippen LogP contribution is -2.38. The monoisotopic (exact) mass is 380 g/mol. The van der Waals surface area contributed by atoms with Crippen LogP contribution in [0, 0.1) is 5.92 Å². The normalized spacial score (nSPS) is 12.7. The molecule has 0 fully saturated rings. The van der Waals surface area contributed by atoms with E-state index in [1.54, 1.807) is 21.1 Å². The van der Waals surface area contributed by atoms with Gasteiger partial charge in [0, 0.05) is 65.6 Å². The van der Waals surface area contributed by atoms with Crippen molar-refractivity contribution in [2.24, 2.45) is 5.92 Å². The van der Waals surface area contributed by atoms with Gasteiger partial charge in [0.05, 0.1) is 5.52 Å². The second kappa shape index (κ2) is 7.98. The van der Waals surface area contributed by atoms with Crippen molar-refractivity contribution in [3.05, 3.63) is 30.0 Å². The Morgan fingerprint density at radius 2 is 1.73 bits per heavy atom. The Morgan fingerprint density at radius 1 is 1.08 bits per heavy atom. The molecule has 7 heteroatoms. The standard InChI is InChI=1S/C19H32N4O2S/c1-15(2)13-23-14-16(10-11-22(7)26(24,25)21(5)6)18-9-8-17(20(3)4)12-19(18)23/h8-9,12,14-15H,10-11,13H2,1-7H3. The van der Waals surface area contributed by atoms with Crippen molar-refractivity contribution >= 4 is 26.8 Å². The number of anilines is 1. The van der Waals surface area contributed by atoms with Gasteiger partial charge in [0.2, 0.25) is 0 Å². The molecule has 0 N–H and O–H groups in total. The van der Waals surface area contributed by atoms with Gasteiger partial charge in [-0.2, -0.15) is 17.0 Å². The van der Waals surface area contributed by atoms with Crippen LogP contribution in [0.5, 0.6) is 0 Å². The van der Waals surface area contributed by atoms with E-state index in [0.717, 1.165) is 6.54 Å². The van der Waals surface area contributed by atoms with Gasteiger partial charge in [0.25, 0.3) is 10.2 Å². The number of fused-ring (bicyclic) bond motifs is 1. The van der Waals surface area contributed by atoms with E-state index in [1.807, 2.05) is 14.1 Å². The summed E-state index contributed by atoms with van der Waals surface area (Å²) in [7, 11) is 5.45. The van der Waals surface area contributed by atoms with Crippen molar-refractivity contribution < 1.29 is 8.42 Å². The van der Waals surface area contributed by atoms with Crippen LogP contribution in [0.15, 0.2) is 24.4 Å². The molecular weight excluding hydrogens is 348 g/mol. The zero-order chi connectivity index (χ0) is 19.6. The van der Waals surface area contributed by atoms with Crippen LogP contribution in [0.1, 0.15) is 19.4 Å². The topological polar surface area (TPSA) is 48.8 Å². The average Bonchev–Trinajstić information content (AvgIpc) is 2.88. The van der Waals surface area contributed by atoms with E-state index in [9.17, 15) is 8.42 Å². The van der Waals surface area contributed by atoms with Gasteiger partial charge in [0.15, 0.2) is 0 Å². The number of nitrogens with zero attached hydrogens (tertiary/aromatic N) is 4. The largest absolute Gasteiger partial charge is 0.378 e. The molecule has 26 heavy (non-hydrogen) atoms. The minimum atomic E-state index is -3.38. The molecule has 0 amide bonds. The Hall–Kier alpha value is -1.57. The molecule has 0 aliphatic rings. The SMILES string of the molecule is CC(C)Cn1cc(CCN(C)S(=O)(=O)N(C)C)c2ccc(N(C)C)cc21. The molecule has 1 aromatic heterocycles. The molecule has 2 rings (SSSR count). The summed E-state index contributed by atoms with van der Waals surface area (Å²) in [6, 6.07) is 6.48. The highest BCUT2D eigenvalue weighted by molar-refractivity contribution is 7.86. The third kappa shape index (κ3) is 4.39. The Morgan fingerprint density at radius 3 is 2.27 bits per heavy atom. The first-order valence-electron chi connectivity index (χ1n) is 8.97. The average molecular weight is 381 g/mol. The maximum Gasteiger partial charge on any atom is 0.281 e. The second-order valence-electron chi connectivity index (χ2n) is 7.66. The summed E-state index contributed by atoms with van der Waals surface area (Å²) in [6.07, 6.45) is 2.87. The van der Waals surface area contributed by atoms with Crippen molar-refractivity contribution in [1.29, 1.82) is 0 Å². The molecule has 1 heterocycles. The highest BCUT2D eigenvalue weighted by Gasteiger charge is 2.21. The van der Waals surface area contributed by atoms with Crippen molar-refractivity contribution in [2.75, 3.05) is 46.7 Å². The molecule has 0 aliphatic carbocycles. The van der Waals surface area contributed by atoms with E-state index in [1.165, 1.54) is 30.8 Å². The number of rotatable bonds is 8. The molecule has 1 aromatic carbocycles. The van der Waals surface area contributed by atoms with E-state index in [-0.39, 0.29) is 0 Å². The van der Waals surface area contributed by atoms with Crippen LogP contribution >= 0.6 is 0 Å². The number of hydrogen-bond acceptors (Lipinski definition) is 3. The molecule has 146 valence electrons. The van der Waals surface area contributed by atoms with Gasteiger partial charge in [-0.15, -0.1) is 0 Å². The molecule has 0 spiro atoms. The molecule has 0 aliphatic heterocycles. The summed E-state index contributed by atoms with van der Waals surface area (Å²) in [4.78, 5) is 2.10. The summed E-state index contributed by atoms with van der Waals surface area (Å²) in [5.74, 6) is 0.540. The van der Waals surface area contributed by atoms with E-state index >= 15 is 0 Å². The molecular formula is C19H32N4O2S. The highest BCUT2D eigenvalue weighted by Crippen LogP contribution is 2.27. The van der Waals surface area contributed by atoms with Gasteiger partial charge in [-0.25, -0.2) is 0 Å². The van der Waals surface area contributed by atoms with Crippen molar-refractivity contribution in [3.63, 3.8) is 0 Å². The van der Waals surface area contributed by atoms with Gasteiger partial charge < -0.3 is 9.47 Å². The summed E-state index contributed by atoms with van der Waals surface area (Å²) < 4.78 is 29.4. The van der Waals surface area contributed by atoms with E-state index in [0.29, 0.717) is 18.9 Å². The first kappa shape index (κ1) is 20.7. The molecule has 0 unspecified atom stereocenters. The van der Waals surface area contributed by atoms with E-state index in [2.05, 4.69) is 47.7 Å². The Balaban J connectivity index is 2.35. The summed E-state index contributed by atoms with van der Waals surface area (Å²) in [5, 5.41) is 1.20. The summed E-state index contributed by atoms with van der Waals surface area (Å²) in [6.45, 7) is 5.81. The predicted octanol–water partition coefficient (Wildman–Crippen LogP) is 2.64. The van der Waals surface area contributed by atoms with Crippen molar-refractivity contribution in [3.8, 4) is 0 Å². The van der Waals surface area contributed by atoms with Gasteiger partial charge >= 0.3 is 0 Å². The Kier molecular flexibility index (Phi) is 6.37. The summed E-state index contributed by atoms with van der Waals surface area (Å²) >= 11 is 0. The molecule has 6 nitrogen and oxygen atoms in total. The number of likely N-dealkylation sites (N-methyl/N-ethyl adjacent to an activating group) is 1. The molecule has 0 radical (unpaired) electrons. The van der Waals surface area contributed by atoms with Crippen LogP contribution in [0.25, 0.3) is 10.9 Å². The smallest absolute Gasteiger partial charge is 0.281 e. The highest BCUT2D eigenvalue weighted by atomic mass is 32.2. The van der Waals surface area contributed by atoms with Gasteiger partial charge in [-0.1, -0.05) is 19.9 Å². The summed E-state index contributed by atoms with van der Waals surface area (Å²) in [5.41, 5.74) is 3.56. The zero-order valence-corrected chi connectivity index (χ0v) is 17.8. The minimum absolute atomic E-state index is 0.455. The first-order chi connectivity index (χ1) is 12.0. The fourth-order valence-corrected chi connectivity index (χ4v) is 3.93. The van der Waals surface area contributed by atoms with Crippen LogP contribution in [0.3, 0.4) is 0 Å². The van der Waals surface area contributed by atoms with Crippen LogP contribution < -0.4 is 4.90 Å². The van der Waals surface area contributed by atoms with E-state index in [4.69, 9.17) is 0 Å². The third-order valence-electron chi connectivity index (χ3n) is 4.58. The van der Waals surface area contributed by atoms with Gasteiger partial charge in [0.1, 0.15) is 0 Å². The quantitative estimate of drug-likeness (QED) is 0.707. The van der Waals surface area contributed by atoms with Gasteiger partial charge in [-0.3, -0.25) is 0 Å². The lowest BCUT2D eigenvalue weighted by atomic mass is 10.1. The molecule has 2 aromatic rings. The molecule has 0 bridgehead atoms. The maximum absolute atomic E-state index is 12.2. The fourth-order valence-electron chi connectivity index (χ4n) is 3.05. The number of aromatic nitrogens is 1. The van der Waals surface area contributed by atoms with Crippen molar-refractivity contribution in [1.82, 2.24) is 13.2 Å². The van der Waals surface area contributed by atoms with E-state index < -0.39 is 10.2 Å². The molecule has 0 atom stereocenters. The maximum atomic E-state index is 12.2. The zero-order valence-electron chi connectivity index (χ0n) is 17.0. The van der Waals surface area contributed by atoms with Gasteiger partial charge in [-0.05, 0) is 30.0 Å². The van der Waals surface area contributed by atoms with Crippen LogP contribution in [-0.4, -0.2) is 63.4 Å². The lowest BCUT2D eigenvalue weighted by Gasteiger charge is -2.21.